The lowest BCUT2D eigenvalue weighted by Crippen LogP contribution is -2.05. The molecule has 0 aliphatic heterocycles. The minimum atomic E-state index is -2.79. The van der Waals surface area contributed by atoms with Gasteiger partial charge in [-0.15, -0.1) is 5.10 Å². The topological polar surface area (TPSA) is 73.3 Å². The Balaban J connectivity index is 2.23. The third kappa shape index (κ3) is 2.59. The summed E-state index contributed by atoms with van der Waals surface area (Å²) < 4.78 is 32.3. The average Bonchev–Trinajstić information content (AvgIpc) is 3.03. The van der Waals surface area contributed by atoms with E-state index in [0.29, 0.717) is 17.2 Å². The molecule has 0 amide bonds. The molecule has 0 aliphatic carbocycles. The Morgan fingerprint density at radius 1 is 1.36 bits per heavy atom. The normalized spacial score (nSPS) is 11.5. The van der Waals surface area contributed by atoms with Crippen molar-refractivity contribution >= 4 is 11.4 Å². The number of hydrogen-bond donors (Lipinski definition) is 0. The second-order valence-corrected chi connectivity index (χ2v) is 4.90. The van der Waals surface area contributed by atoms with Crippen molar-refractivity contribution in [3.05, 3.63) is 35.5 Å². The first kappa shape index (κ1) is 14.3. The molecular weight excluding hydrogens is 294 g/mol. The third-order valence-corrected chi connectivity index (χ3v) is 2.98. The van der Waals surface area contributed by atoms with Crippen LogP contribution >= 0.6 is 0 Å². The molecule has 0 fully saturated rings. The molecule has 0 bridgehead atoms. The fourth-order valence-electron chi connectivity index (χ4n) is 2.11. The van der Waals surface area contributed by atoms with E-state index in [1.54, 1.807) is 19.1 Å². The molecule has 0 saturated heterocycles. The van der Waals surface area contributed by atoms with Crippen LogP contribution in [-0.2, 0) is 11.2 Å². The second kappa shape index (κ2) is 5.28. The Kier molecular flexibility index (Phi) is 3.44. The van der Waals surface area contributed by atoms with E-state index in [9.17, 15) is 13.6 Å². The number of halogens is 2. The van der Waals surface area contributed by atoms with Gasteiger partial charge in [0.25, 0.3) is 6.43 Å². The van der Waals surface area contributed by atoms with E-state index >= 15 is 0 Å². The van der Waals surface area contributed by atoms with E-state index in [0.717, 1.165) is 0 Å². The van der Waals surface area contributed by atoms with Gasteiger partial charge in [0.1, 0.15) is 11.5 Å². The number of aryl methyl sites for hydroxylation is 1. The van der Waals surface area contributed by atoms with Crippen LogP contribution in [0.25, 0.3) is 17.2 Å². The highest BCUT2D eigenvalue weighted by Gasteiger charge is 2.19. The summed E-state index contributed by atoms with van der Waals surface area (Å²) in [6.45, 7) is 3.18. The van der Waals surface area contributed by atoms with Crippen molar-refractivity contribution in [2.45, 2.75) is 26.7 Å². The maximum Gasteiger partial charge on any atom is 0.299 e. The summed E-state index contributed by atoms with van der Waals surface area (Å²) in [5.41, 5.74) is 0.628. The number of ketones is 1. The first-order chi connectivity index (χ1) is 10.4. The van der Waals surface area contributed by atoms with Gasteiger partial charge in [-0.2, -0.15) is 4.52 Å². The predicted octanol–water partition coefficient (Wildman–Crippen LogP) is 2.76. The number of hydrogen-bond acceptors (Lipinski definition) is 5. The standard InChI is InChI=1S/C14H12F2N4O2/c1-7(21)5-9-6-11-18-13(12(15)16)19-20(11)14(17-9)10-4-3-8(2)22-10/h3-4,6,12H,5H2,1-2H3. The smallest absolute Gasteiger partial charge is 0.299 e. The summed E-state index contributed by atoms with van der Waals surface area (Å²) in [6.07, 6.45) is -2.71. The Morgan fingerprint density at radius 3 is 2.73 bits per heavy atom. The summed E-state index contributed by atoms with van der Waals surface area (Å²) in [4.78, 5) is 19.4. The highest BCUT2D eigenvalue weighted by molar-refractivity contribution is 5.78. The fraction of sp³-hybridized carbons (Fsp3) is 0.286. The van der Waals surface area contributed by atoms with Crippen LogP contribution in [0.4, 0.5) is 8.78 Å². The van der Waals surface area contributed by atoms with Crippen molar-refractivity contribution in [3.8, 4) is 11.6 Å². The van der Waals surface area contributed by atoms with Gasteiger partial charge in [-0.3, -0.25) is 4.79 Å². The first-order valence-electron chi connectivity index (χ1n) is 6.55. The number of alkyl halides is 2. The molecule has 0 saturated carbocycles. The molecule has 3 heterocycles. The van der Waals surface area contributed by atoms with Crippen molar-refractivity contribution in [3.63, 3.8) is 0 Å². The summed E-state index contributed by atoms with van der Waals surface area (Å²) >= 11 is 0. The maximum atomic E-state index is 12.8. The summed E-state index contributed by atoms with van der Waals surface area (Å²) in [7, 11) is 0. The second-order valence-electron chi connectivity index (χ2n) is 4.90. The molecule has 8 heteroatoms. The average molecular weight is 306 g/mol. The van der Waals surface area contributed by atoms with Gasteiger partial charge in [0.15, 0.2) is 17.2 Å². The van der Waals surface area contributed by atoms with Crippen LogP contribution in [0.2, 0.25) is 0 Å². The zero-order chi connectivity index (χ0) is 15.9. The molecule has 3 rings (SSSR count). The predicted molar refractivity (Wildman–Crippen MR) is 72.6 cm³/mol. The summed E-state index contributed by atoms with van der Waals surface area (Å²) in [6, 6.07) is 4.86. The molecule has 3 aromatic rings. The van der Waals surface area contributed by atoms with Crippen LogP contribution in [0.15, 0.2) is 22.6 Å². The van der Waals surface area contributed by atoms with Crippen molar-refractivity contribution in [2.24, 2.45) is 0 Å². The Morgan fingerprint density at radius 2 is 2.14 bits per heavy atom. The molecule has 0 atom stereocenters. The van der Waals surface area contributed by atoms with Gasteiger partial charge in [-0.05, 0) is 26.0 Å². The minimum Gasteiger partial charge on any atom is -0.458 e. The molecule has 114 valence electrons. The Hall–Kier alpha value is -2.64. The zero-order valence-corrected chi connectivity index (χ0v) is 11.9. The number of nitrogens with zero attached hydrogens (tertiary/aromatic N) is 4. The van der Waals surface area contributed by atoms with Gasteiger partial charge in [0.05, 0.1) is 5.69 Å². The zero-order valence-electron chi connectivity index (χ0n) is 11.9. The van der Waals surface area contributed by atoms with Crippen molar-refractivity contribution < 1.29 is 18.0 Å². The number of carbonyl (C=O) groups is 1. The van der Waals surface area contributed by atoms with E-state index < -0.39 is 12.2 Å². The van der Waals surface area contributed by atoms with Crippen molar-refractivity contribution in [2.75, 3.05) is 0 Å². The van der Waals surface area contributed by atoms with Crippen LogP contribution < -0.4 is 0 Å². The van der Waals surface area contributed by atoms with E-state index in [1.807, 2.05) is 0 Å². The van der Waals surface area contributed by atoms with Crippen molar-refractivity contribution in [1.82, 2.24) is 19.6 Å². The van der Waals surface area contributed by atoms with Gasteiger partial charge in [0.2, 0.25) is 5.82 Å². The van der Waals surface area contributed by atoms with Crippen LogP contribution in [0.3, 0.4) is 0 Å². The lowest BCUT2D eigenvalue weighted by molar-refractivity contribution is -0.116. The quantitative estimate of drug-likeness (QED) is 0.741. The largest absolute Gasteiger partial charge is 0.458 e. The van der Waals surface area contributed by atoms with Crippen LogP contribution in [0.5, 0.6) is 0 Å². The van der Waals surface area contributed by atoms with E-state index in [1.165, 1.54) is 17.5 Å². The molecule has 0 unspecified atom stereocenters. The van der Waals surface area contributed by atoms with Gasteiger partial charge in [0, 0.05) is 12.5 Å². The lowest BCUT2D eigenvalue weighted by atomic mass is 10.2. The number of furan rings is 1. The SMILES string of the molecule is CC(=O)Cc1cc2nc(C(F)F)nn2c(-c2ccc(C)o2)n1. The van der Waals surface area contributed by atoms with E-state index in [4.69, 9.17) is 4.42 Å². The highest BCUT2D eigenvalue weighted by Crippen LogP contribution is 2.23. The van der Waals surface area contributed by atoms with Crippen LogP contribution in [0, 0.1) is 6.92 Å². The number of rotatable bonds is 4. The fourth-order valence-corrected chi connectivity index (χ4v) is 2.11. The van der Waals surface area contributed by atoms with Crippen LogP contribution in [0.1, 0.15) is 30.6 Å². The van der Waals surface area contributed by atoms with Gasteiger partial charge in [-0.1, -0.05) is 0 Å². The Bertz CT molecular complexity index is 854. The Labute approximate surface area is 123 Å². The summed E-state index contributed by atoms with van der Waals surface area (Å²) in [5.74, 6) is 0.578. The molecule has 0 aromatic carbocycles. The molecule has 0 spiro atoms. The maximum absolute atomic E-state index is 12.8. The molecule has 0 aliphatic rings. The van der Waals surface area contributed by atoms with E-state index in [-0.39, 0.29) is 23.7 Å². The van der Waals surface area contributed by atoms with Gasteiger partial charge in [-0.25, -0.2) is 18.7 Å². The van der Waals surface area contributed by atoms with E-state index in [2.05, 4.69) is 15.1 Å². The number of fused-ring (bicyclic) bond motifs is 1. The van der Waals surface area contributed by atoms with Gasteiger partial charge < -0.3 is 4.42 Å². The van der Waals surface area contributed by atoms with Gasteiger partial charge >= 0.3 is 0 Å². The number of Topliss-reactive ketones (excluding diaryl/α,β-unsaturated/α-hetero) is 1. The van der Waals surface area contributed by atoms with Crippen LogP contribution in [-0.4, -0.2) is 25.4 Å². The lowest BCUT2D eigenvalue weighted by Gasteiger charge is -2.03. The monoisotopic (exact) mass is 306 g/mol. The molecule has 6 nitrogen and oxygen atoms in total. The molecule has 0 radical (unpaired) electrons. The molecule has 0 N–H and O–H groups in total. The number of carbonyl (C=O) groups excluding carboxylic acids is 1. The molecule has 3 aromatic heterocycles. The third-order valence-electron chi connectivity index (χ3n) is 2.98. The summed E-state index contributed by atoms with van der Waals surface area (Å²) in [5, 5.41) is 3.77. The van der Waals surface area contributed by atoms with Crippen molar-refractivity contribution in [1.29, 1.82) is 0 Å². The molecular formula is C14H12F2N4O2. The first-order valence-corrected chi connectivity index (χ1v) is 6.55. The highest BCUT2D eigenvalue weighted by atomic mass is 19.3. The minimum absolute atomic E-state index is 0.0834. The molecule has 22 heavy (non-hydrogen) atoms. The number of aromatic nitrogens is 4.